The van der Waals surface area contributed by atoms with Crippen molar-refractivity contribution in [3.05, 3.63) is 33.8 Å². The lowest BCUT2D eigenvalue weighted by atomic mass is 9.98. The van der Waals surface area contributed by atoms with Crippen molar-refractivity contribution >= 4 is 53.3 Å². The lowest BCUT2D eigenvalue weighted by Gasteiger charge is -2.32. The van der Waals surface area contributed by atoms with Gasteiger partial charge < -0.3 is 10.2 Å². The number of nitrogens with zero attached hydrogens (tertiary/aromatic N) is 1. The third kappa shape index (κ3) is 6.71. The van der Waals surface area contributed by atoms with Gasteiger partial charge in [0.2, 0.25) is 5.91 Å². The molecule has 1 unspecified atom stereocenters. The summed E-state index contributed by atoms with van der Waals surface area (Å²) in [6.07, 6.45) is 2.31. The number of likely N-dealkylation sites (tertiary alicyclic amines) is 1. The van der Waals surface area contributed by atoms with Crippen molar-refractivity contribution in [2.75, 3.05) is 32.4 Å². The molecule has 1 N–H and O–H groups in total. The van der Waals surface area contributed by atoms with Crippen molar-refractivity contribution in [1.29, 1.82) is 0 Å². The van der Waals surface area contributed by atoms with E-state index in [1.54, 1.807) is 17.8 Å². The number of benzene rings is 1. The van der Waals surface area contributed by atoms with Gasteiger partial charge in [-0.15, -0.1) is 24.2 Å². The summed E-state index contributed by atoms with van der Waals surface area (Å²) in [7, 11) is 1.96. The molecular weight excluding hydrogens is 375 g/mol. The van der Waals surface area contributed by atoms with Gasteiger partial charge in [0.15, 0.2) is 0 Å². The van der Waals surface area contributed by atoms with E-state index in [0.717, 1.165) is 37.4 Å². The van der Waals surface area contributed by atoms with E-state index in [2.05, 4.69) is 5.32 Å². The van der Waals surface area contributed by atoms with Crippen molar-refractivity contribution in [2.24, 2.45) is 5.92 Å². The smallest absolute Gasteiger partial charge is 0.232 e. The molecule has 130 valence electrons. The molecule has 1 saturated heterocycles. The Balaban J connectivity index is 0.00000264. The minimum absolute atomic E-state index is 0. The molecule has 1 atom stereocenters. The van der Waals surface area contributed by atoms with Crippen LogP contribution in [0.1, 0.15) is 18.4 Å². The van der Waals surface area contributed by atoms with Crippen LogP contribution in [0.4, 0.5) is 0 Å². The first kappa shape index (κ1) is 20.9. The zero-order valence-corrected chi connectivity index (χ0v) is 16.3. The number of hydrogen-bond donors (Lipinski definition) is 1. The van der Waals surface area contributed by atoms with E-state index in [1.807, 2.05) is 24.1 Å². The van der Waals surface area contributed by atoms with Gasteiger partial charge in [0.05, 0.1) is 5.75 Å². The maximum atomic E-state index is 12.3. The van der Waals surface area contributed by atoms with E-state index < -0.39 is 0 Å². The largest absolute Gasteiger partial charge is 0.342 e. The van der Waals surface area contributed by atoms with Crippen LogP contribution in [0.3, 0.4) is 0 Å². The number of nitrogens with one attached hydrogen (secondary N) is 1. The standard InChI is InChI=1S/C16H22Cl2N2OS.ClH/c1-19-8-12-3-2-6-20(9-12)16(21)11-22-10-13-4-5-14(17)7-15(13)18;/h4-5,7,12,19H,2-3,6,8-11H2,1H3;1H. The second-order valence-corrected chi connectivity index (χ2v) is 7.46. The highest BCUT2D eigenvalue weighted by Crippen LogP contribution is 2.25. The molecule has 1 aromatic rings. The molecule has 0 aromatic heterocycles. The van der Waals surface area contributed by atoms with Crippen molar-refractivity contribution < 1.29 is 4.79 Å². The Morgan fingerprint density at radius 1 is 1.43 bits per heavy atom. The maximum absolute atomic E-state index is 12.3. The monoisotopic (exact) mass is 396 g/mol. The summed E-state index contributed by atoms with van der Waals surface area (Å²) in [5.41, 5.74) is 1.02. The average Bonchev–Trinajstić information content (AvgIpc) is 2.50. The molecule has 2 rings (SSSR count). The highest BCUT2D eigenvalue weighted by atomic mass is 35.5. The zero-order chi connectivity index (χ0) is 15.9. The molecule has 23 heavy (non-hydrogen) atoms. The Labute approximate surface area is 158 Å². The third-order valence-electron chi connectivity index (χ3n) is 3.86. The lowest BCUT2D eigenvalue weighted by Crippen LogP contribution is -2.43. The second-order valence-electron chi connectivity index (χ2n) is 5.63. The van der Waals surface area contributed by atoms with Gasteiger partial charge in [-0.2, -0.15) is 0 Å². The van der Waals surface area contributed by atoms with E-state index in [1.165, 1.54) is 6.42 Å². The molecule has 1 aliphatic heterocycles. The fourth-order valence-corrected chi connectivity index (χ4v) is 4.21. The normalized spacial score (nSPS) is 17.7. The average molecular weight is 398 g/mol. The number of piperidine rings is 1. The van der Waals surface area contributed by atoms with Gasteiger partial charge in [0.1, 0.15) is 0 Å². The van der Waals surface area contributed by atoms with Gasteiger partial charge in [-0.1, -0.05) is 29.3 Å². The molecule has 0 spiro atoms. The molecule has 0 bridgehead atoms. The minimum Gasteiger partial charge on any atom is -0.342 e. The molecule has 0 saturated carbocycles. The SMILES string of the molecule is CNCC1CCCN(C(=O)CSCc2ccc(Cl)cc2Cl)C1.Cl. The molecule has 1 aliphatic rings. The van der Waals surface area contributed by atoms with Crippen molar-refractivity contribution in [3.8, 4) is 0 Å². The van der Waals surface area contributed by atoms with Crippen LogP contribution >= 0.6 is 47.4 Å². The number of carbonyl (C=O) groups is 1. The lowest BCUT2D eigenvalue weighted by molar-refractivity contribution is -0.130. The van der Waals surface area contributed by atoms with Crippen LogP contribution in [-0.4, -0.2) is 43.2 Å². The number of halogens is 3. The van der Waals surface area contributed by atoms with Crippen LogP contribution in [-0.2, 0) is 10.5 Å². The molecular formula is C16H23Cl3N2OS. The predicted octanol–water partition coefficient (Wildman–Crippen LogP) is 4.11. The number of carbonyl (C=O) groups excluding carboxylic acids is 1. The van der Waals surface area contributed by atoms with Crippen LogP contribution in [0.2, 0.25) is 10.0 Å². The molecule has 1 aromatic carbocycles. The molecule has 1 fully saturated rings. The highest BCUT2D eigenvalue weighted by molar-refractivity contribution is 7.99. The Bertz CT molecular complexity index is 514. The van der Waals surface area contributed by atoms with E-state index in [-0.39, 0.29) is 18.3 Å². The third-order valence-corrected chi connectivity index (χ3v) is 5.42. The number of rotatable bonds is 6. The summed E-state index contributed by atoms with van der Waals surface area (Å²) in [6, 6.07) is 5.50. The first-order chi connectivity index (χ1) is 10.6. The highest BCUT2D eigenvalue weighted by Gasteiger charge is 2.22. The summed E-state index contributed by atoms with van der Waals surface area (Å²) in [4.78, 5) is 14.3. The summed E-state index contributed by atoms with van der Waals surface area (Å²) >= 11 is 13.6. The van der Waals surface area contributed by atoms with Crippen LogP contribution < -0.4 is 5.32 Å². The molecule has 1 heterocycles. The van der Waals surface area contributed by atoms with Gasteiger partial charge in [-0.25, -0.2) is 0 Å². The van der Waals surface area contributed by atoms with E-state index in [9.17, 15) is 4.79 Å². The number of thioether (sulfide) groups is 1. The Morgan fingerprint density at radius 3 is 2.91 bits per heavy atom. The van der Waals surface area contributed by atoms with Crippen molar-refractivity contribution in [2.45, 2.75) is 18.6 Å². The predicted molar refractivity (Wildman–Crippen MR) is 103 cm³/mol. The Morgan fingerprint density at radius 2 is 2.22 bits per heavy atom. The van der Waals surface area contributed by atoms with Gasteiger partial charge in [0, 0.05) is 28.9 Å². The number of amides is 1. The maximum Gasteiger partial charge on any atom is 0.232 e. The Hall–Kier alpha value is -0.130. The first-order valence-corrected chi connectivity index (χ1v) is 9.45. The fourth-order valence-electron chi connectivity index (χ4n) is 2.73. The van der Waals surface area contributed by atoms with Crippen molar-refractivity contribution in [1.82, 2.24) is 10.2 Å². The number of hydrogen-bond acceptors (Lipinski definition) is 3. The zero-order valence-electron chi connectivity index (χ0n) is 13.2. The molecule has 1 amide bonds. The molecule has 3 nitrogen and oxygen atoms in total. The van der Waals surface area contributed by atoms with Gasteiger partial charge >= 0.3 is 0 Å². The van der Waals surface area contributed by atoms with Crippen LogP contribution in [0.15, 0.2) is 18.2 Å². The fraction of sp³-hybridized carbons (Fsp3) is 0.562. The minimum atomic E-state index is 0. The van der Waals surface area contributed by atoms with Crippen LogP contribution in [0.5, 0.6) is 0 Å². The first-order valence-electron chi connectivity index (χ1n) is 7.54. The second kappa shape index (κ2) is 10.7. The quantitative estimate of drug-likeness (QED) is 0.784. The molecule has 0 radical (unpaired) electrons. The molecule has 0 aliphatic carbocycles. The van der Waals surface area contributed by atoms with Crippen LogP contribution in [0, 0.1) is 5.92 Å². The summed E-state index contributed by atoms with van der Waals surface area (Å²) in [6.45, 7) is 2.75. The molecule has 7 heteroatoms. The summed E-state index contributed by atoms with van der Waals surface area (Å²) < 4.78 is 0. The van der Waals surface area contributed by atoms with E-state index >= 15 is 0 Å². The summed E-state index contributed by atoms with van der Waals surface area (Å²) in [5, 5.41) is 4.51. The van der Waals surface area contributed by atoms with Gasteiger partial charge in [-0.05, 0) is 50.0 Å². The van der Waals surface area contributed by atoms with E-state index in [0.29, 0.717) is 21.7 Å². The topological polar surface area (TPSA) is 32.3 Å². The Kier molecular flexibility index (Phi) is 9.71. The van der Waals surface area contributed by atoms with Crippen molar-refractivity contribution in [3.63, 3.8) is 0 Å². The van der Waals surface area contributed by atoms with E-state index in [4.69, 9.17) is 23.2 Å². The van der Waals surface area contributed by atoms with Crippen LogP contribution in [0.25, 0.3) is 0 Å². The summed E-state index contributed by atoms with van der Waals surface area (Å²) in [5.74, 6) is 2.05. The van der Waals surface area contributed by atoms with Gasteiger partial charge in [0.25, 0.3) is 0 Å². The van der Waals surface area contributed by atoms with Gasteiger partial charge in [-0.3, -0.25) is 4.79 Å².